The number of hydrogen-bond donors (Lipinski definition) is 1. The molecular formula is C18H12ClNO4. The van der Waals surface area contributed by atoms with Gasteiger partial charge in [-0.15, -0.1) is 0 Å². The van der Waals surface area contributed by atoms with E-state index in [1.807, 2.05) is 0 Å². The van der Waals surface area contributed by atoms with Gasteiger partial charge >= 0.3 is 5.97 Å². The normalized spacial score (nSPS) is 10.2. The lowest BCUT2D eigenvalue weighted by molar-refractivity contribution is 0.0701. The van der Waals surface area contributed by atoms with Crippen molar-refractivity contribution in [2.75, 3.05) is 5.32 Å². The number of carbonyl (C=O) groups is 2. The molecule has 0 radical (unpaired) electrons. The monoisotopic (exact) mass is 341 g/mol. The molecule has 0 unspecified atom stereocenters. The van der Waals surface area contributed by atoms with Crippen LogP contribution in [0.15, 0.2) is 71.3 Å². The maximum absolute atomic E-state index is 12.2. The van der Waals surface area contributed by atoms with Crippen LogP contribution in [0.2, 0.25) is 5.02 Å². The van der Waals surface area contributed by atoms with E-state index >= 15 is 0 Å². The number of carbonyl (C=O) groups excluding carboxylic acids is 2. The van der Waals surface area contributed by atoms with Crippen LogP contribution in [0.3, 0.4) is 0 Å². The van der Waals surface area contributed by atoms with Crippen LogP contribution < -0.4 is 10.1 Å². The number of esters is 1. The molecule has 0 saturated heterocycles. The highest BCUT2D eigenvalue weighted by molar-refractivity contribution is 6.34. The van der Waals surface area contributed by atoms with Gasteiger partial charge in [-0.2, -0.15) is 0 Å². The number of halogens is 1. The molecule has 3 rings (SSSR count). The average Bonchev–Trinajstić information content (AvgIpc) is 3.11. The lowest BCUT2D eigenvalue weighted by Crippen LogP contribution is -2.12. The SMILES string of the molecule is O=C(Oc1ccc(NC(=O)c2ccccc2Cl)cc1)c1ccco1. The Morgan fingerprint density at radius 1 is 0.958 bits per heavy atom. The number of nitrogens with one attached hydrogen (secondary N) is 1. The number of anilines is 1. The number of benzene rings is 2. The smallest absolute Gasteiger partial charge is 0.379 e. The summed E-state index contributed by atoms with van der Waals surface area (Å²) >= 11 is 5.99. The predicted molar refractivity (Wildman–Crippen MR) is 89.5 cm³/mol. The van der Waals surface area contributed by atoms with Crippen LogP contribution in [0.25, 0.3) is 0 Å². The minimum absolute atomic E-state index is 0.117. The van der Waals surface area contributed by atoms with Crippen molar-refractivity contribution in [1.29, 1.82) is 0 Å². The number of ether oxygens (including phenoxy) is 1. The van der Waals surface area contributed by atoms with Crippen LogP contribution in [-0.2, 0) is 0 Å². The molecule has 5 nitrogen and oxygen atoms in total. The van der Waals surface area contributed by atoms with Crippen molar-refractivity contribution in [2.24, 2.45) is 0 Å². The van der Waals surface area contributed by atoms with Crippen molar-refractivity contribution in [3.63, 3.8) is 0 Å². The van der Waals surface area contributed by atoms with Crippen molar-refractivity contribution in [3.05, 3.63) is 83.3 Å². The first-order valence-corrected chi connectivity index (χ1v) is 7.43. The Balaban J connectivity index is 1.65. The van der Waals surface area contributed by atoms with E-state index in [0.29, 0.717) is 22.0 Å². The molecule has 0 fully saturated rings. The third-order valence-electron chi connectivity index (χ3n) is 3.16. The van der Waals surface area contributed by atoms with E-state index in [0.717, 1.165) is 0 Å². The number of amides is 1. The Morgan fingerprint density at radius 2 is 1.71 bits per heavy atom. The zero-order valence-electron chi connectivity index (χ0n) is 12.4. The Kier molecular flexibility index (Phi) is 4.63. The third kappa shape index (κ3) is 3.64. The van der Waals surface area contributed by atoms with Gasteiger partial charge in [0.05, 0.1) is 16.8 Å². The summed E-state index contributed by atoms with van der Waals surface area (Å²) in [5.41, 5.74) is 0.935. The molecule has 3 aromatic rings. The Bertz CT molecular complexity index is 857. The molecule has 24 heavy (non-hydrogen) atoms. The third-order valence-corrected chi connectivity index (χ3v) is 3.49. The number of hydrogen-bond acceptors (Lipinski definition) is 4. The summed E-state index contributed by atoms with van der Waals surface area (Å²) in [6.45, 7) is 0. The van der Waals surface area contributed by atoms with Crippen LogP contribution >= 0.6 is 11.6 Å². The largest absolute Gasteiger partial charge is 0.457 e. The van der Waals surface area contributed by atoms with Gasteiger partial charge in [0, 0.05) is 5.69 Å². The fourth-order valence-corrected chi connectivity index (χ4v) is 2.22. The van der Waals surface area contributed by atoms with E-state index in [4.69, 9.17) is 20.8 Å². The van der Waals surface area contributed by atoms with E-state index in [1.165, 1.54) is 12.3 Å². The predicted octanol–water partition coefficient (Wildman–Crippen LogP) is 4.40. The van der Waals surface area contributed by atoms with Crippen LogP contribution in [0.5, 0.6) is 5.75 Å². The molecule has 120 valence electrons. The van der Waals surface area contributed by atoms with Crippen LogP contribution in [-0.4, -0.2) is 11.9 Å². The van der Waals surface area contributed by atoms with Crippen molar-refractivity contribution in [3.8, 4) is 5.75 Å². The van der Waals surface area contributed by atoms with Crippen molar-refractivity contribution < 1.29 is 18.7 Å². The lowest BCUT2D eigenvalue weighted by Gasteiger charge is -2.08. The van der Waals surface area contributed by atoms with Gasteiger partial charge in [0.1, 0.15) is 5.75 Å². The Hall–Kier alpha value is -3.05. The summed E-state index contributed by atoms with van der Waals surface area (Å²) in [4.78, 5) is 23.9. The molecule has 0 saturated carbocycles. The Labute approximate surface area is 142 Å². The van der Waals surface area contributed by atoms with Crippen LogP contribution in [0.4, 0.5) is 5.69 Å². The molecular weight excluding hydrogens is 330 g/mol. The molecule has 1 N–H and O–H groups in total. The quantitative estimate of drug-likeness (QED) is 0.564. The second-order valence-electron chi connectivity index (χ2n) is 4.83. The van der Waals surface area contributed by atoms with Gasteiger partial charge in [0.25, 0.3) is 5.91 Å². The van der Waals surface area contributed by atoms with E-state index in [2.05, 4.69) is 5.32 Å². The molecule has 0 spiro atoms. The van der Waals surface area contributed by atoms with Crippen molar-refractivity contribution >= 4 is 29.2 Å². The van der Waals surface area contributed by atoms with Crippen LogP contribution in [0, 0.1) is 0 Å². The fourth-order valence-electron chi connectivity index (χ4n) is 2.00. The van der Waals surface area contributed by atoms with Gasteiger partial charge < -0.3 is 14.5 Å². The van der Waals surface area contributed by atoms with Gasteiger partial charge in [-0.05, 0) is 48.5 Å². The summed E-state index contributed by atoms with van der Waals surface area (Å²) < 4.78 is 10.1. The fraction of sp³-hybridized carbons (Fsp3) is 0. The van der Waals surface area contributed by atoms with Crippen LogP contribution in [0.1, 0.15) is 20.9 Å². The van der Waals surface area contributed by atoms with Gasteiger partial charge in [-0.3, -0.25) is 4.79 Å². The molecule has 6 heteroatoms. The van der Waals surface area contributed by atoms with Gasteiger partial charge in [-0.1, -0.05) is 23.7 Å². The molecule has 0 aliphatic heterocycles. The first-order valence-electron chi connectivity index (χ1n) is 7.05. The second-order valence-corrected chi connectivity index (χ2v) is 5.23. The zero-order chi connectivity index (χ0) is 16.9. The molecule has 0 aliphatic rings. The van der Waals surface area contributed by atoms with Crippen molar-refractivity contribution in [2.45, 2.75) is 0 Å². The molecule has 1 heterocycles. The van der Waals surface area contributed by atoms with E-state index in [-0.39, 0.29) is 11.7 Å². The van der Waals surface area contributed by atoms with Gasteiger partial charge in [-0.25, -0.2) is 4.79 Å². The minimum Gasteiger partial charge on any atom is -0.457 e. The highest BCUT2D eigenvalue weighted by Gasteiger charge is 2.12. The van der Waals surface area contributed by atoms with E-state index in [1.54, 1.807) is 54.6 Å². The average molecular weight is 342 g/mol. The second kappa shape index (κ2) is 7.02. The standard InChI is InChI=1S/C18H12ClNO4/c19-15-5-2-1-4-14(15)17(21)20-12-7-9-13(10-8-12)24-18(22)16-6-3-11-23-16/h1-11H,(H,20,21). The molecule has 1 aromatic heterocycles. The number of rotatable bonds is 4. The molecule has 0 aliphatic carbocycles. The van der Waals surface area contributed by atoms with E-state index in [9.17, 15) is 9.59 Å². The minimum atomic E-state index is -0.590. The molecule has 1 amide bonds. The first-order chi connectivity index (χ1) is 11.6. The van der Waals surface area contributed by atoms with Crippen molar-refractivity contribution in [1.82, 2.24) is 0 Å². The highest BCUT2D eigenvalue weighted by atomic mass is 35.5. The zero-order valence-corrected chi connectivity index (χ0v) is 13.1. The van der Waals surface area contributed by atoms with Gasteiger partial charge in [0.2, 0.25) is 5.76 Å². The first kappa shape index (κ1) is 15.8. The summed E-state index contributed by atoms with van der Waals surface area (Å²) in [6, 6.07) is 16.3. The molecule has 2 aromatic carbocycles. The summed E-state index contributed by atoms with van der Waals surface area (Å²) in [5, 5.41) is 3.10. The maximum atomic E-state index is 12.2. The van der Waals surface area contributed by atoms with Gasteiger partial charge in [0.15, 0.2) is 0 Å². The summed E-state index contributed by atoms with van der Waals surface area (Å²) in [5.74, 6) is -0.452. The molecule has 0 atom stereocenters. The van der Waals surface area contributed by atoms with E-state index < -0.39 is 5.97 Å². The number of furan rings is 1. The highest BCUT2D eigenvalue weighted by Crippen LogP contribution is 2.20. The summed E-state index contributed by atoms with van der Waals surface area (Å²) in [7, 11) is 0. The molecule has 0 bridgehead atoms. The summed E-state index contributed by atoms with van der Waals surface area (Å²) in [6.07, 6.45) is 1.39. The maximum Gasteiger partial charge on any atom is 0.379 e. The lowest BCUT2D eigenvalue weighted by atomic mass is 10.2. The topological polar surface area (TPSA) is 68.5 Å². The Morgan fingerprint density at radius 3 is 2.38 bits per heavy atom.